The number of fused-ring (bicyclic) bond motifs is 3. The van der Waals surface area contributed by atoms with Crippen LogP contribution in [-0.2, 0) is 4.74 Å². The van der Waals surface area contributed by atoms with Crippen molar-refractivity contribution in [2.24, 2.45) is 4.99 Å². The molecule has 5 rings (SSSR count). The molecule has 1 N–H and O–H groups in total. The van der Waals surface area contributed by atoms with E-state index in [4.69, 9.17) is 9.73 Å². The average Bonchev–Trinajstić information content (AvgIpc) is 3.19. The van der Waals surface area contributed by atoms with Gasteiger partial charge in [0, 0.05) is 6.42 Å². The fourth-order valence-electron chi connectivity index (χ4n) is 4.03. The highest BCUT2D eigenvalue weighted by Gasteiger charge is 2.40. The highest BCUT2D eigenvalue weighted by Crippen LogP contribution is 2.39. The number of hydrogen-bond donors (Lipinski definition) is 1. The molecule has 156 valence electrons. The standard InChI is InChI=1S/C23H21N5O3/c1-2-31-21(30)17-14-24-22-26-28-19(16-11-7-4-8-12-16)13-18(15-9-5-3-6-10-15)25-23(28)27(22)20(17)29/h3-12,14,18-19H,2,13H2,1H3,(H,24,26). The minimum Gasteiger partial charge on any atom is -0.462 e. The largest absolute Gasteiger partial charge is 0.462 e. The van der Waals surface area contributed by atoms with Crippen LogP contribution in [0.4, 0.5) is 5.95 Å². The van der Waals surface area contributed by atoms with Crippen LogP contribution in [-0.4, -0.2) is 33.1 Å². The quantitative estimate of drug-likeness (QED) is 0.659. The van der Waals surface area contributed by atoms with Crippen LogP contribution in [0.25, 0.3) is 0 Å². The second-order valence-corrected chi connectivity index (χ2v) is 7.36. The molecule has 1 aromatic heterocycles. The third kappa shape index (κ3) is 3.26. The molecule has 2 aromatic carbocycles. The van der Waals surface area contributed by atoms with Gasteiger partial charge in [-0.3, -0.25) is 10.2 Å². The van der Waals surface area contributed by atoms with E-state index in [2.05, 4.69) is 22.5 Å². The lowest BCUT2D eigenvalue weighted by Gasteiger charge is -2.35. The number of nitrogens with one attached hydrogen (secondary N) is 1. The number of anilines is 1. The number of esters is 1. The van der Waals surface area contributed by atoms with Crippen molar-refractivity contribution in [3.05, 3.63) is 93.9 Å². The van der Waals surface area contributed by atoms with Gasteiger partial charge in [-0.05, 0) is 18.1 Å². The Labute approximate surface area is 178 Å². The first kappa shape index (κ1) is 19.0. The summed E-state index contributed by atoms with van der Waals surface area (Å²) in [5.74, 6) is 0.0587. The lowest BCUT2D eigenvalue weighted by molar-refractivity contribution is 0.0523. The number of rotatable bonds is 4. The summed E-state index contributed by atoms with van der Waals surface area (Å²) in [6, 6.07) is 19.8. The van der Waals surface area contributed by atoms with Crippen LogP contribution in [0.2, 0.25) is 0 Å². The van der Waals surface area contributed by atoms with Gasteiger partial charge in [0.05, 0.1) is 24.9 Å². The molecule has 3 aromatic rings. The van der Waals surface area contributed by atoms with Gasteiger partial charge in [0.25, 0.3) is 5.56 Å². The van der Waals surface area contributed by atoms with Crippen molar-refractivity contribution < 1.29 is 9.53 Å². The van der Waals surface area contributed by atoms with Crippen molar-refractivity contribution >= 4 is 17.9 Å². The van der Waals surface area contributed by atoms with Crippen LogP contribution < -0.4 is 11.0 Å². The molecule has 3 heterocycles. The number of ether oxygens (including phenoxy) is 1. The second-order valence-electron chi connectivity index (χ2n) is 7.36. The van der Waals surface area contributed by atoms with E-state index in [1.807, 2.05) is 53.5 Å². The van der Waals surface area contributed by atoms with E-state index >= 15 is 0 Å². The Morgan fingerprint density at radius 2 is 1.77 bits per heavy atom. The molecular formula is C23H21N5O3. The van der Waals surface area contributed by atoms with E-state index in [1.165, 1.54) is 10.8 Å². The van der Waals surface area contributed by atoms with Gasteiger partial charge in [-0.1, -0.05) is 60.7 Å². The third-order valence-electron chi connectivity index (χ3n) is 5.49. The lowest BCUT2D eigenvalue weighted by atomic mass is 9.93. The van der Waals surface area contributed by atoms with Crippen molar-refractivity contribution in [1.29, 1.82) is 0 Å². The van der Waals surface area contributed by atoms with Gasteiger partial charge in [0.2, 0.25) is 11.9 Å². The van der Waals surface area contributed by atoms with Crippen molar-refractivity contribution in [2.45, 2.75) is 25.4 Å². The molecule has 0 saturated heterocycles. The summed E-state index contributed by atoms with van der Waals surface area (Å²) in [6.07, 6.45) is 1.97. The molecule has 2 aliphatic rings. The Hall–Kier alpha value is -3.94. The van der Waals surface area contributed by atoms with E-state index in [0.717, 1.165) is 17.5 Å². The van der Waals surface area contributed by atoms with Gasteiger partial charge in [-0.15, -0.1) is 0 Å². The maximum Gasteiger partial charge on any atom is 0.345 e. The Bertz CT molecular complexity index is 1210. The van der Waals surface area contributed by atoms with E-state index < -0.39 is 11.5 Å². The van der Waals surface area contributed by atoms with Gasteiger partial charge in [0.15, 0.2) is 0 Å². The van der Waals surface area contributed by atoms with Gasteiger partial charge in [-0.25, -0.2) is 24.3 Å². The van der Waals surface area contributed by atoms with E-state index in [9.17, 15) is 9.59 Å². The van der Waals surface area contributed by atoms with Crippen LogP contribution in [0.1, 0.15) is 46.9 Å². The van der Waals surface area contributed by atoms with Crippen LogP contribution >= 0.6 is 0 Å². The molecule has 0 aliphatic carbocycles. The van der Waals surface area contributed by atoms with Gasteiger partial charge in [-0.2, -0.15) is 0 Å². The average molecular weight is 415 g/mol. The van der Waals surface area contributed by atoms with Gasteiger partial charge in [0.1, 0.15) is 5.56 Å². The van der Waals surface area contributed by atoms with Crippen LogP contribution in [0.5, 0.6) is 0 Å². The normalized spacial score (nSPS) is 19.1. The molecule has 0 saturated carbocycles. The first-order valence-corrected chi connectivity index (χ1v) is 10.2. The smallest absolute Gasteiger partial charge is 0.345 e. The molecule has 0 amide bonds. The summed E-state index contributed by atoms with van der Waals surface area (Å²) < 4.78 is 6.38. The number of hydrogen-bond acceptors (Lipinski definition) is 7. The molecule has 31 heavy (non-hydrogen) atoms. The number of aromatic nitrogens is 2. The first-order valence-electron chi connectivity index (χ1n) is 10.2. The summed E-state index contributed by atoms with van der Waals surface area (Å²) in [6.45, 7) is 1.87. The molecule has 2 unspecified atom stereocenters. The van der Waals surface area contributed by atoms with Gasteiger partial charge < -0.3 is 4.74 Å². The molecule has 0 bridgehead atoms. The fourth-order valence-corrected chi connectivity index (χ4v) is 4.03. The van der Waals surface area contributed by atoms with Crippen LogP contribution in [0, 0.1) is 0 Å². The minimum atomic E-state index is -0.690. The lowest BCUT2D eigenvalue weighted by Crippen LogP contribution is -2.43. The second kappa shape index (κ2) is 7.71. The zero-order valence-electron chi connectivity index (χ0n) is 16.9. The molecular weight excluding hydrogens is 394 g/mol. The number of carbonyl (C=O) groups is 1. The highest BCUT2D eigenvalue weighted by molar-refractivity contribution is 5.94. The Morgan fingerprint density at radius 1 is 1.10 bits per heavy atom. The van der Waals surface area contributed by atoms with Crippen LogP contribution in [0.3, 0.4) is 0 Å². The first-order chi connectivity index (χ1) is 15.2. The summed E-state index contributed by atoms with van der Waals surface area (Å²) in [5, 5.41) is 1.85. The zero-order chi connectivity index (χ0) is 21.4. The zero-order valence-corrected chi connectivity index (χ0v) is 16.9. The molecule has 8 nitrogen and oxygen atoms in total. The Morgan fingerprint density at radius 3 is 2.45 bits per heavy atom. The molecule has 2 atom stereocenters. The summed E-state index contributed by atoms with van der Waals surface area (Å²) in [4.78, 5) is 34.6. The molecule has 0 fully saturated rings. The van der Waals surface area contributed by atoms with E-state index in [0.29, 0.717) is 11.9 Å². The van der Waals surface area contributed by atoms with Crippen molar-refractivity contribution in [3.63, 3.8) is 0 Å². The monoisotopic (exact) mass is 415 g/mol. The summed E-state index contributed by atoms with van der Waals surface area (Å²) >= 11 is 0. The predicted octanol–water partition coefficient (Wildman–Crippen LogP) is 3.15. The van der Waals surface area contributed by atoms with Crippen molar-refractivity contribution in [1.82, 2.24) is 14.6 Å². The molecule has 8 heteroatoms. The van der Waals surface area contributed by atoms with E-state index in [1.54, 1.807) is 6.92 Å². The number of hydrazine groups is 1. The summed E-state index contributed by atoms with van der Waals surface area (Å²) in [5.41, 5.74) is 4.73. The van der Waals surface area contributed by atoms with E-state index in [-0.39, 0.29) is 24.3 Å². The molecule has 0 radical (unpaired) electrons. The predicted molar refractivity (Wildman–Crippen MR) is 116 cm³/mol. The molecule has 2 aliphatic heterocycles. The van der Waals surface area contributed by atoms with Crippen LogP contribution in [0.15, 0.2) is 76.6 Å². The Balaban J connectivity index is 1.65. The maximum atomic E-state index is 13.2. The number of carbonyl (C=O) groups excluding carboxylic acids is 1. The number of aliphatic imine (C=N–C) groups is 1. The third-order valence-corrected chi connectivity index (χ3v) is 5.49. The van der Waals surface area contributed by atoms with Crippen molar-refractivity contribution in [2.75, 3.05) is 12.0 Å². The Kier molecular flexibility index (Phi) is 4.74. The topological polar surface area (TPSA) is 88.8 Å². The van der Waals surface area contributed by atoms with Gasteiger partial charge >= 0.3 is 5.97 Å². The minimum absolute atomic E-state index is 0.0777. The highest BCUT2D eigenvalue weighted by atomic mass is 16.5. The number of benzene rings is 2. The maximum absolute atomic E-state index is 13.2. The molecule has 0 spiro atoms. The SMILES string of the molecule is CCOC(=O)c1cnc2n(c1=O)C1=NC(c3ccccc3)CC(c3ccccc3)N1N2. The summed E-state index contributed by atoms with van der Waals surface area (Å²) in [7, 11) is 0. The fraction of sp³-hybridized carbons (Fsp3) is 0.217. The van der Waals surface area contributed by atoms with Crippen molar-refractivity contribution in [3.8, 4) is 0 Å². The number of nitrogens with zero attached hydrogens (tertiary/aromatic N) is 4.